The van der Waals surface area contributed by atoms with Crippen molar-refractivity contribution in [2.75, 3.05) is 13.1 Å². The minimum absolute atomic E-state index is 0.143. The van der Waals surface area contributed by atoms with E-state index in [4.69, 9.17) is 0 Å². The Morgan fingerprint density at radius 3 is 2.75 bits per heavy atom. The predicted molar refractivity (Wildman–Crippen MR) is 75.2 cm³/mol. The number of likely N-dealkylation sites (tertiary alicyclic amines) is 1. The average Bonchev–Trinajstić information content (AvgIpc) is 2.40. The molecule has 2 aromatic rings. The summed E-state index contributed by atoms with van der Waals surface area (Å²) in [7, 11) is 0. The number of hydrogen-bond acceptors (Lipinski definition) is 5. The predicted octanol–water partition coefficient (Wildman–Crippen LogP) is 0.452. The summed E-state index contributed by atoms with van der Waals surface area (Å²) in [4.78, 5) is 14.3. The van der Waals surface area contributed by atoms with Crippen LogP contribution in [0.2, 0.25) is 0 Å². The van der Waals surface area contributed by atoms with Gasteiger partial charge in [-0.2, -0.15) is 4.68 Å². The Labute approximate surface area is 116 Å². The monoisotopic (exact) mass is 274 g/mol. The molecule has 0 aliphatic carbocycles. The molecule has 0 radical (unpaired) electrons. The molecule has 0 saturated carbocycles. The zero-order valence-corrected chi connectivity index (χ0v) is 11.7. The normalized spacial score (nSPS) is 18.4. The van der Waals surface area contributed by atoms with Gasteiger partial charge in [-0.3, -0.25) is 9.69 Å². The van der Waals surface area contributed by atoms with Crippen LogP contribution in [0.15, 0.2) is 29.1 Å². The van der Waals surface area contributed by atoms with Crippen LogP contribution < -0.4 is 5.56 Å². The molecule has 1 aromatic heterocycles. The van der Waals surface area contributed by atoms with Crippen molar-refractivity contribution in [1.82, 2.24) is 19.9 Å². The molecular formula is C14H18N4O2. The molecule has 2 heterocycles. The molecule has 20 heavy (non-hydrogen) atoms. The Kier molecular flexibility index (Phi) is 3.07. The molecule has 1 aliphatic heterocycles. The van der Waals surface area contributed by atoms with Gasteiger partial charge in [0.2, 0.25) is 0 Å². The fourth-order valence-electron chi connectivity index (χ4n) is 2.50. The van der Waals surface area contributed by atoms with Crippen LogP contribution in [0.5, 0.6) is 0 Å². The number of aromatic nitrogens is 3. The van der Waals surface area contributed by atoms with E-state index in [1.807, 2.05) is 30.9 Å². The van der Waals surface area contributed by atoms with Crippen molar-refractivity contribution in [3.63, 3.8) is 0 Å². The van der Waals surface area contributed by atoms with Gasteiger partial charge in [0.05, 0.1) is 17.7 Å². The zero-order valence-electron chi connectivity index (χ0n) is 11.7. The summed E-state index contributed by atoms with van der Waals surface area (Å²) >= 11 is 0. The van der Waals surface area contributed by atoms with Gasteiger partial charge in [-0.15, -0.1) is 5.10 Å². The third-order valence-electron chi connectivity index (χ3n) is 4.03. The van der Waals surface area contributed by atoms with Crippen molar-refractivity contribution in [1.29, 1.82) is 0 Å². The summed E-state index contributed by atoms with van der Waals surface area (Å²) in [5.74, 6) is 0.207. The standard InChI is InChI=1S/C14H18N4O2/c1-10(2)14(20)7-17(8-14)9-18-13(19)11-5-3-4-6-12(11)15-16-18/h3-6,10,20H,7-9H2,1-2H3. The maximum absolute atomic E-state index is 12.3. The van der Waals surface area contributed by atoms with Gasteiger partial charge < -0.3 is 5.11 Å². The molecular weight excluding hydrogens is 256 g/mol. The highest BCUT2D eigenvalue weighted by Crippen LogP contribution is 2.28. The molecule has 0 bridgehead atoms. The molecule has 3 rings (SSSR count). The minimum atomic E-state index is -0.645. The van der Waals surface area contributed by atoms with E-state index in [1.165, 1.54) is 4.68 Å². The first kappa shape index (κ1) is 13.2. The lowest BCUT2D eigenvalue weighted by atomic mass is 9.83. The van der Waals surface area contributed by atoms with E-state index in [1.54, 1.807) is 12.1 Å². The van der Waals surface area contributed by atoms with Crippen LogP contribution >= 0.6 is 0 Å². The summed E-state index contributed by atoms with van der Waals surface area (Å²) in [6, 6.07) is 7.18. The van der Waals surface area contributed by atoms with Gasteiger partial charge in [-0.05, 0) is 18.1 Å². The van der Waals surface area contributed by atoms with Crippen molar-refractivity contribution in [2.45, 2.75) is 26.1 Å². The number of benzene rings is 1. The highest BCUT2D eigenvalue weighted by atomic mass is 16.3. The van der Waals surface area contributed by atoms with Gasteiger partial charge in [0, 0.05) is 13.1 Å². The number of aliphatic hydroxyl groups is 1. The van der Waals surface area contributed by atoms with Gasteiger partial charge in [-0.1, -0.05) is 31.2 Å². The summed E-state index contributed by atoms with van der Waals surface area (Å²) in [6.45, 7) is 5.49. The van der Waals surface area contributed by atoms with Gasteiger partial charge in [-0.25, -0.2) is 0 Å². The third kappa shape index (κ3) is 2.10. The average molecular weight is 274 g/mol. The Balaban J connectivity index is 1.80. The molecule has 1 fully saturated rings. The number of β-amino-alcohol motifs (C(OH)–C–C–N with tert-alkyl or cyclic N) is 1. The van der Waals surface area contributed by atoms with E-state index in [0.29, 0.717) is 30.7 Å². The van der Waals surface area contributed by atoms with E-state index < -0.39 is 5.60 Å². The lowest BCUT2D eigenvalue weighted by Gasteiger charge is -2.48. The first-order valence-corrected chi connectivity index (χ1v) is 6.77. The summed E-state index contributed by atoms with van der Waals surface area (Å²) in [6.07, 6.45) is 0. The lowest BCUT2D eigenvalue weighted by Crippen LogP contribution is -2.64. The Bertz CT molecular complexity index is 689. The van der Waals surface area contributed by atoms with Crippen molar-refractivity contribution in [3.05, 3.63) is 34.6 Å². The fourth-order valence-corrected chi connectivity index (χ4v) is 2.50. The molecule has 0 amide bonds. The van der Waals surface area contributed by atoms with Crippen molar-refractivity contribution in [2.24, 2.45) is 5.92 Å². The second-order valence-corrected chi connectivity index (χ2v) is 5.80. The van der Waals surface area contributed by atoms with Crippen LogP contribution in [0, 0.1) is 5.92 Å². The smallest absolute Gasteiger partial charge is 0.278 e. The molecule has 106 valence electrons. The molecule has 6 heteroatoms. The maximum atomic E-state index is 12.3. The largest absolute Gasteiger partial charge is 0.387 e. The van der Waals surface area contributed by atoms with Crippen molar-refractivity contribution < 1.29 is 5.11 Å². The van der Waals surface area contributed by atoms with Gasteiger partial charge >= 0.3 is 0 Å². The molecule has 0 spiro atoms. The van der Waals surface area contributed by atoms with Crippen LogP contribution in [-0.4, -0.2) is 43.7 Å². The summed E-state index contributed by atoms with van der Waals surface area (Å²) < 4.78 is 1.35. The first-order valence-electron chi connectivity index (χ1n) is 6.77. The van der Waals surface area contributed by atoms with E-state index in [0.717, 1.165) is 0 Å². The molecule has 1 N–H and O–H groups in total. The Hall–Kier alpha value is -1.79. The summed E-state index contributed by atoms with van der Waals surface area (Å²) in [5.41, 5.74) is -0.180. The van der Waals surface area contributed by atoms with Crippen LogP contribution in [-0.2, 0) is 6.67 Å². The van der Waals surface area contributed by atoms with Gasteiger partial charge in [0.25, 0.3) is 5.56 Å². The lowest BCUT2D eigenvalue weighted by molar-refractivity contribution is -0.139. The Morgan fingerprint density at radius 1 is 1.35 bits per heavy atom. The quantitative estimate of drug-likeness (QED) is 0.880. The van der Waals surface area contributed by atoms with E-state index >= 15 is 0 Å². The van der Waals surface area contributed by atoms with Crippen LogP contribution in [0.4, 0.5) is 0 Å². The Morgan fingerprint density at radius 2 is 2.05 bits per heavy atom. The number of nitrogens with zero attached hydrogens (tertiary/aromatic N) is 4. The number of hydrogen-bond donors (Lipinski definition) is 1. The number of fused-ring (bicyclic) bond motifs is 1. The SMILES string of the molecule is CC(C)C1(O)CN(Cn2nnc3ccccc3c2=O)C1. The second kappa shape index (κ2) is 4.64. The molecule has 1 saturated heterocycles. The van der Waals surface area contributed by atoms with Crippen molar-refractivity contribution >= 4 is 10.9 Å². The molecule has 1 aliphatic rings. The highest BCUT2D eigenvalue weighted by molar-refractivity contribution is 5.76. The topological polar surface area (TPSA) is 71.2 Å². The summed E-state index contributed by atoms with van der Waals surface area (Å²) in [5, 5.41) is 18.8. The van der Waals surface area contributed by atoms with E-state index in [2.05, 4.69) is 10.3 Å². The fraction of sp³-hybridized carbons (Fsp3) is 0.500. The minimum Gasteiger partial charge on any atom is -0.387 e. The van der Waals surface area contributed by atoms with Gasteiger partial charge in [0.1, 0.15) is 5.52 Å². The number of rotatable bonds is 3. The molecule has 1 aromatic carbocycles. The molecule has 0 unspecified atom stereocenters. The highest BCUT2D eigenvalue weighted by Gasteiger charge is 2.43. The second-order valence-electron chi connectivity index (χ2n) is 5.80. The molecule has 6 nitrogen and oxygen atoms in total. The van der Waals surface area contributed by atoms with Crippen LogP contribution in [0.3, 0.4) is 0 Å². The zero-order chi connectivity index (χ0) is 14.3. The van der Waals surface area contributed by atoms with E-state index in [9.17, 15) is 9.90 Å². The third-order valence-corrected chi connectivity index (χ3v) is 4.03. The maximum Gasteiger partial charge on any atom is 0.278 e. The molecule has 0 atom stereocenters. The van der Waals surface area contributed by atoms with Gasteiger partial charge in [0.15, 0.2) is 0 Å². The van der Waals surface area contributed by atoms with E-state index in [-0.39, 0.29) is 11.5 Å². The van der Waals surface area contributed by atoms with Crippen LogP contribution in [0.25, 0.3) is 10.9 Å². The van der Waals surface area contributed by atoms with Crippen LogP contribution in [0.1, 0.15) is 13.8 Å². The first-order chi connectivity index (χ1) is 9.49. The van der Waals surface area contributed by atoms with Crippen molar-refractivity contribution in [3.8, 4) is 0 Å².